The summed E-state index contributed by atoms with van der Waals surface area (Å²) < 4.78 is 60.7. The Hall–Kier alpha value is -1.58. The van der Waals surface area contributed by atoms with Crippen LogP contribution in [0.3, 0.4) is 0 Å². The number of likely N-dealkylation sites (tertiary alicyclic amines) is 1. The third-order valence-electron chi connectivity index (χ3n) is 7.45. The van der Waals surface area contributed by atoms with Crippen molar-refractivity contribution < 1.29 is 26.7 Å². The Morgan fingerprint density at radius 3 is 2.55 bits per heavy atom. The zero-order valence-electron chi connectivity index (χ0n) is 19.1. The topological polar surface area (TPSA) is 75.7 Å². The van der Waals surface area contributed by atoms with Crippen molar-refractivity contribution in [1.29, 1.82) is 0 Å². The Kier molecular flexibility index (Phi) is 7.41. The number of carbonyl (C=O) groups excluding carboxylic acids is 1. The lowest BCUT2D eigenvalue weighted by atomic mass is 9.79. The summed E-state index contributed by atoms with van der Waals surface area (Å²) in [7, 11) is -3.44. The van der Waals surface area contributed by atoms with Crippen LogP contribution in [0.15, 0.2) is 24.3 Å². The first-order chi connectivity index (χ1) is 15.6. The van der Waals surface area contributed by atoms with Gasteiger partial charge in [0.05, 0.1) is 18.4 Å². The van der Waals surface area contributed by atoms with Crippen molar-refractivity contribution >= 4 is 15.9 Å². The molecule has 1 amide bonds. The number of benzene rings is 1. The van der Waals surface area contributed by atoms with E-state index in [0.717, 1.165) is 37.5 Å². The molecule has 0 spiro atoms. The number of sulfonamides is 1. The van der Waals surface area contributed by atoms with Crippen molar-refractivity contribution in [2.24, 2.45) is 5.92 Å². The summed E-state index contributed by atoms with van der Waals surface area (Å²) in [5, 5.41) is 0. The number of ether oxygens (including phenoxy) is 1. The Bertz CT molecular complexity index is 946. The smallest absolute Gasteiger partial charge is 0.260 e. The molecule has 3 fully saturated rings. The first-order valence-corrected chi connectivity index (χ1v) is 13.8. The molecule has 1 aliphatic heterocycles. The Balaban J connectivity index is 1.33. The summed E-state index contributed by atoms with van der Waals surface area (Å²) in [6.07, 6.45) is 5.99. The molecule has 4 rings (SSSR count). The fraction of sp³-hybridized carbons (Fsp3) is 0.708. The average Bonchev–Trinajstić information content (AvgIpc) is 2.75. The number of alkyl halides is 1. The molecular weight excluding hydrogens is 450 g/mol. The third-order valence-corrected chi connectivity index (χ3v) is 8.18. The van der Waals surface area contributed by atoms with Gasteiger partial charge in [0.2, 0.25) is 10.0 Å². The van der Waals surface area contributed by atoms with Crippen molar-refractivity contribution in [3.05, 3.63) is 35.6 Å². The van der Waals surface area contributed by atoms with Crippen LogP contribution < -0.4 is 4.72 Å². The molecule has 3 aliphatic rings. The summed E-state index contributed by atoms with van der Waals surface area (Å²) in [6.45, 7) is 0.970. The van der Waals surface area contributed by atoms with Gasteiger partial charge < -0.3 is 9.64 Å². The summed E-state index contributed by atoms with van der Waals surface area (Å²) in [5.41, 5.74) is -0.735. The summed E-state index contributed by atoms with van der Waals surface area (Å²) >= 11 is 0. The van der Waals surface area contributed by atoms with Gasteiger partial charge in [0.1, 0.15) is 5.82 Å². The van der Waals surface area contributed by atoms with E-state index in [4.69, 9.17) is 4.74 Å². The fourth-order valence-corrected chi connectivity index (χ4v) is 6.17. The highest BCUT2D eigenvalue weighted by Crippen LogP contribution is 2.39. The van der Waals surface area contributed by atoms with Crippen molar-refractivity contribution in [2.75, 3.05) is 26.0 Å². The highest BCUT2D eigenvalue weighted by atomic mass is 32.2. The van der Waals surface area contributed by atoms with Gasteiger partial charge in [-0.1, -0.05) is 12.1 Å². The summed E-state index contributed by atoms with van der Waals surface area (Å²) in [5.74, 6) is -0.0481. The summed E-state index contributed by atoms with van der Waals surface area (Å²) in [4.78, 5) is 14.2. The summed E-state index contributed by atoms with van der Waals surface area (Å²) in [6, 6.07) is 6.34. The van der Waals surface area contributed by atoms with E-state index >= 15 is 0 Å². The number of piperidine rings is 1. The molecule has 1 N–H and O–H groups in total. The van der Waals surface area contributed by atoms with Crippen LogP contribution >= 0.6 is 0 Å². The Morgan fingerprint density at radius 1 is 1.21 bits per heavy atom. The van der Waals surface area contributed by atoms with Crippen LogP contribution in [0.25, 0.3) is 0 Å². The van der Waals surface area contributed by atoms with Crippen molar-refractivity contribution in [1.82, 2.24) is 9.62 Å². The molecule has 0 aromatic heterocycles. The van der Waals surface area contributed by atoms with E-state index < -0.39 is 33.7 Å². The number of hydrogen-bond donors (Lipinski definition) is 1. The predicted octanol–water partition coefficient (Wildman–Crippen LogP) is 3.53. The number of nitrogens with one attached hydrogen (secondary N) is 1. The highest BCUT2D eigenvalue weighted by Gasteiger charge is 2.48. The lowest BCUT2D eigenvalue weighted by Gasteiger charge is -2.43. The van der Waals surface area contributed by atoms with Crippen molar-refractivity contribution in [3.63, 3.8) is 0 Å². The van der Waals surface area contributed by atoms with Gasteiger partial charge in [-0.25, -0.2) is 21.9 Å². The van der Waals surface area contributed by atoms with Crippen LogP contribution in [0.1, 0.15) is 62.8 Å². The zero-order valence-corrected chi connectivity index (χ0v) is 20.0. The fourth-order valence-electron chi connectivity index (χ4n) is 5.35. The third kappa shape index (κ3) is 6.11. The second-order valence-electron chi connectivity index (χ2n) is 10.00. The van der Waals surface area contributed by atoms with E-state index in [9.17, 15) is 22.0 Å². The number of carbonyl (C=O) groups is 1. The maximum Gasteiger partial charge on any atom is 0.260 e. The minimum absolute atomic E-state index is 0.191. The molecule has 1 heterocycles. The molecule has 2 atom stereocenters. The molecule has 2 saturated carbocycles. The molecule has 1 aromatic carbocycles. The SMILES string of the molecule is CS(=O)(=O)N[C@H]1CCN(C(=O)C2(F)CCC2)C[C@H]1OCC1CCC(c2cccc(F)c2)CC1. The lowest BCUT2D eigenvalue weighted by Crippen LogP contribution is -2.60. The largest absolute Gasteiger partial charge is 0.374 e. The van der Waals surface area contributed by atoms with Gasteiger partial charge in [-0.15, -0.1) is 0 Å². The molecule has 2 aliphatic carbocycles. The second kappa shape index (κ2) is 9.96. The minimum atomic E-state index is -3.44. The van der Waals surface area contributed by atoms with E-state index in [1.165, 1.54) is 11.0 Å². The van der Waals surface area contributed by atoms with Crippen LogP contribution in [0.4, 0.5) is 8.78 Å². The van der Waals surface area contributed by atoms with E-state index in [-0.39, 0.29) is 25.2 Å². The Labute approximate surface area is 195 Å². The van der Waals surface area contributed by atoms with Gasteiger partial charge in [0.15, 0.2) is 5.67 Å². The second-order valence-corrected chi connectivity index (χ2v) is 11.8. The molecule has 33 heavy (non-hydrogen) atoms. The van der Waals surface area contributed by atoms with Gasteiger partial charge >= 0.3 is 0 Å². The standard InChI is InChI=1S/C24H34F2N2O4S/c1-33(30,31)27-21-10-13-28(23(29)24(26)11-3-12-24)15-22(21)32-16-17-6-8-18(9-7-17)19-4-2-5-20(25)14-19/h2,4-5,14,17-18,21-22,27H,3,6-13,15-16H2,1H3/t17?,18?,21-,22+/m0/s1. The minimum Gasteiger partial charge on any atom is -0.374 e. The van der Waals surface area contributed by atoms with Gasteiger partial charge in [-0.3, -0.25) is 4.79 Å². The molecule has 0 radical (unpaired) electrons. The normalized spacial score (nSPS) is 30.0. The molecule has 0 bridgehead atoms. The van der Waals surface area contributed by atoms with E-state index in [2.05, 4.69) is 4.72 Å². The van der Waals surface area contributed by atoms with Crippen LogP contribution in [0.2, 0.25) is 0 Å². The molecule has 184 valence electrons. The zero-order chi connectivity index (χ0) is 23.6. The van der Waals surface area contributed by atoms with Crippen LogP contribution in [0.5, 0.6) is 0 Å². The first-order valence-electron chi connectivity index (χ1n) is 12.0. The highest BCUT2D eigenvalue weighted by molar-refractivity contribution is 7.88. The molecular formula is C24H34F2N2O4S. The van der Waals surface area contributed by atoms with Crippen LogP contribution in [-0.4, -0.2) is 63.0 Å². The number of rotatable bonds is 7. The van der Waals surface area contributed by atoms with E-state index in [0.29, 0.717) is 37.8 Å². The van der Waals surface area contributed by atoms with Gasteiger partial charge in [0, 0.05) is 19.7 Å². The number of nitrogens with zero attached hydrogens (tertiary/aromatic N) is 1. The van der Waals surface area contributed by atoms with Gasteiger partial charge in [-0.05, 0) is 80.9 Å². The number of amides is 1. The van der Waals surface area contributed by atoms with Crippen molar-refractivity contribution in [3.8, 4) is 0 Å². The van der Waals surface area contributed by atoms with Crippen molar-refractivity contribution in [2.45, 2.75) is 75.1 Å². The maximum atomic E-state index is 14.7. The van der Waals surface area contributed by atoms with Crippen LogP contribution in [0, 0.1) is 11.7 Å². The lowest BCUT2D eigenvalue weighted by molar-refractivity contribution is -0.155. The molecule has 6 nitrogen and oxygen atoms in total. The average molecular weight is 485 g/mol. The van der Waals surface area contributed by atoms with E-state index in [1.807, 2.05) is 6.07 Å². The molecule has 0 unspecified atom stereocenters. The van der Waals surface area contributed by atoms with E-state index in [1.54, 1.807) is 12.1 Å². The predicted molar refractivity (Wildman–Crippen MR) is 121 cm³/mol. The Morgan fingerprint density at radius 2 is 1.94 bits per heavy atom. The molecule has 1 saturated heterocycles. The van der Waals surface area contributed by atoms with Gasteiger partial charge in [0.25, 0.3) is 5.91 Å². The monoisotopic (exact) mass is 484 g/mol. The molecule has 1 aromatic rings. The number of hydrogen-bond acceptors (Lipinski definition) is 4. The van der Waals surface area contributed by atoms with Gasteiger partial charge in [-0.2, -0.15) is 0 Å². The molecule has 9 heteroatoms. The first kappa shape index (κ1) is 24.5. The quantitative estimate of drug-likeness (QED) is 0.643. The number of halogens is 2. The van der Waals surface area contributed by atoms with Crippen LogP contribution in [-0.2, 0) is 19.6 Å². The maximum absolute atomic E-state index is 14.7.